The molecule has 1 aliphatic rings. The number of hydrogen-bond donors (Lipinski definition) is 3. The Morgan fingerprint density at radius 2 is 2.07 bits per heavy atom. The molecular weight excluding hydrogens is 188 g/mol. The molecule has 0 bridgehead atoms. The molecule has 5 heteroatoms. The van der Waals surface area contributed by atoms with Gasteiger partial charge in [-0.25, -0.2) is 0 Å². The van der Waals surface area contributed by atoms with E-state index in [-0.39, 0.29) is 19.1 Å². The maximum atomic E-state index is 9.61. The van der Waals surface area contributed by atoms with E-state index >= 15 is 0 Å². The second kappa shape index (κ2) is 5.04. The van der Waals surface area contributed by atoms with Crippen LogP contribution in [-0.2, 0) is 9.47 Å². The van der Waals surface area contributed by atoms with Crippen LogP contribution < -0.4 is 0 Å². The molecule has 0 amide bonds. The molecule has 1 heterocycles. The molecule has 4 unspecified atom stereocenters. The van der Waals surface area contributed by atoms with Crippen molar-refractivity contribution in [2.75, 3.05) is 6.61 Å². The van der Waals surface area contributed by atoms with E-state index < -0.39 is 24.6 Å². The van der Waals surface area contributed by atoms with Crippen molar-refractivity contribution in [2.24, 2.45) is 0 Å². The lowest BCUT2D eigenvalue weighted by Gasteiger charge is -2.37. The van der Waals surface area contributed by atoms with E-state index in [1.54, 1.807) is 0 Å². The summed E-state index contributed by atoms with van der Waals surface area (Å²) < 4.78 is 10.4. The fourth-order valence-corrected chi connectivity index (χ4v) is 1.56. The molecule has 0 aromatic heterocycles. The topological polar surface area (TPSA) is 79.2 Å². The van der Waals surface area contributed by atoms with Crippen LogP contribution in [-0.4, -0.2) is 52.6 Å². The van der Waals surface area contributed by atoms with Crippen LogP contribution in [0.25, 0.3) is 0 Å². The van der Waals surface area contributed by atoms with Crippen molar-refractivity contribution in [3.8, 4) is 0 Å². The van der Waals surface area contributed by atoms with Gasteiger partial charge in [0.05, 0.1) is 18.8 Å². The van der Waals surface area contributed by atoms with Gasteiger partial charge in [-0.1, -0.05) is 0 Å². The Kier molecular flexibility index (Phi) is 4.28. The van der Waals surface area contributed by atoms with Crippen molar-refractivity contribution in [3.05, 3.63) is 0 Å². The molecule has 1 fully saturated rings. The van der Waals surface area contributed by atoms with Crippen LogP contribution in [0.15, 0.2) is 0 Å². The van der Waals surface area contributed by atoms with E-state index in [0.29, 0.717) is 0 Å². The second-order valence-electron chi connectivity index (χ2n) is 3.76. The van der Waals surface area contributed by atoms with Gasteiger partial charge in [0.15, 0.2) is 6.29 Å². The summed E-state index contributed by atoms with van der Waals surface area (Å²) in [7, 11) is 0. The molecule has 14 heavy (non-hydrogen) atoms. The summed E-state index contributed by atoms with van der Waals surface area (Å²) in [6, 6.07) is 0. The quantitative estimate of drug-likeness (QED) is 0.565. The molecule has 0 aliphatic carbocycles. The molecule has 0 aromatic rings. The Morgan fingerprint density at radius 1 is 1.43 bits per heavy atom. The molecule has 3 N–H and O–H groups in total. The van der Waals surface area contributed by atoms with Crippen LogP contribution in [0, 0.1) is 0 Å². The molecule has 1 aliphatic heterocycles. The SMILES string of the molecule is CC(C)OC1C(O)CC(O)OC1CO. The Labute approximate surface area is 83.3 Å². The van der Waals surface area contributed by atoms with Crippen LogP contribution in [0.1, 0.15) is 20.3 Å². The maximum Gasteiger partial charge on any atom is 0.157 e. The summed E-state index contributed by atoms with van der Waals surface area (Å²) in [5.74, 6) is 0. The standard InChI is InChI=1S/C9H18O5/c1-5(2)13-9-6(11)3-8(12)14-7(9)4-10/h5-12H,3-4H2,1-2H3. The van der Waals surface area contributed by atoms with Crippen molar-refractivity contribution in [1.29, 1.82) is 0 Å². The minimum atomic E-state index is -1.02. The molecule has 0 radical (unpaired) electrons. The van der Waals surface area contributed by atoms with Crippen molar-refractivity contribution in [2.45, 2.75) is 51.0 Å². The largest absolute Gasteiger partial charge is 0.394 e. The molecule has 84 valence electrons. The van der Waals surface area contributed by atoms with Crippen LogP contribution >= 0.6 is 0 Å². The van der Waals surface area contributed by atoms with Crippen molar-refractivity contribution in [1.82, 2.24) is 0 Å². The smallest absolute Gasteiger partial charge is 0.157 e. The first kappa shape index (κ1) is 11.9. The molecule has 0 aromatic carbocycles. The Bertz CT molecular complexity index is 173. The fraction of sp³-hybridized carbons (Fsp3) is 1.00. The maximum absolute atomic E-state index is 9.61. The van der Waals surface area contributed by atoms with Gasteiger partial charge >= 0.3 is 0 Å². The predicted molar refractivity (Wildman–Crippen MR) is 48.6 cm³/mol. The average molecular weight is 206 g/mol. The van der Waals surface area contributed by atoms with Crippen molar-refractivity contribution >= 4 is 0 Å². The molecule has 1 rings (SSSR count). The summed E-state index contributed by atoms with van der Waals surface area (Å²) in [5, 5.41) is 27.8. The summed E-state index contributed by atoms with van der Waals surface area (Å²) in [6.07, 6.45) is -2.97. The van der Waals surface area contributed by atoms with Crippen LogP contribution in [0.2, 0.25) is 0 Å². The van der Waals surface area contributed by atoms with Gasteiger partial charge in [0, 0.05) is 6.42 Å². The zero-order valence-electron chi connectivity index (χ0n) is 8.46. The first-order valence-electron chi connectivity index (χ1n) is 4.82. The van der Waals surface area contributed by atoms with E-state index in [9.17, 15) is 10.2 Å². The third-order valence-electron chi connectivity index (χ3n) is 2.13. The van der Waals surface area contributed by atoms with Crippen molar-refractivity contribution < 1.29 is 24.8 Å². The van der Waals surface area contributed by atoms with Gasteiger partial charge < -0.3 is 24.8 Å². The number of hydrogen-bond acceptors (Lipinski definition) is 5. The summed E-state index contributed by atoms with van der Waals surface area (Å²) in [6.45, 7) is 3.41. The molecule has 0 saturated carbocycles. The summed E-state index contributed by atoms with van der Waals surface area (Å²) in [4.78, 5) is 0. The van der Waals surface area contributed by atoms with Crippen LogP contribution in [0.4, 0.5) is 0 Å². The number of rotatable bonds is 3. The van der Waals surface area contributed by atoms with E-state index in [0.717, 1.165) is 0 Å². The molecular formula is C9H18O5. The van der Waals surface area contributed by atoms with E-state index in [1.807, 2.05) is 13.8 Å². The average Bonchev–Trinajstić information content (AvgIpc) is 2.08. The first-order valence-corrected chi connectivity index (χ1v) is 4.82. The molecule has 1 saturated heterocycles. The first-order chi connectivity index (χ1) is 6.54. The van der Waals surface area contributed by atoms with Crippen LogP contribution in [0.5, 0.6) is 0 Å². The number of ether oxygens (including phenoxy) is 2. The van der Waals surface area contributed by atoms with Gasteiger partial charge in [-0.2, -0.15) is 0 Å². The Morgan fingerprint density at radius 3 is 2.57 bits per heavy atom. The minimum absolute atomic E-state index is 0.0532. The normalized spacial score (nSPS) is 39.0. The van der Waals surface area contributed by atoms with Gasteiger partial charge in [0.25, 0.3) is 0 Å². The summed E-state index contributed by atoms with van der Waals surface area (Å²) in [5.41, 5.74) is 0. The van der Waals surface area contributed by atoms with Gasteiger partial charge in [-0.05, 0) is 13.8 Å². The lowest BCUT2D eigenvalue weighted by molar-refractivity contribution is -0.255. The highest BCUT2D eigenvalue weighted by Gasteiger charge is 2.38. The molecule has 4 atom stereocenters. The summed E-state index contributed by atoms with van der Waals surface area (Å²) >= 11 is 0. The number of aliphatic hydroxyl groups is 3. The third-order valence-corrected chi connectivity index (χ3v) is 2.13. The third kappa shape index (κ3) is 2.90. The van der Waals surface area contributed by atoms with Crippen LogP contribution in [0.3, 0.4) is 0 Å². The lowest BCUT2D eigenvalue weighted by atomic mass is 10.0. The second-order valence-corrected chi connectivity index (χ2v) is 3.76. The van der Waals surface area contributed by atoms with Gasteiger partial charge in [-0.15, -0.1) is 0 Å². The monoisotopic (exact) mass is 206 g/mol. The van der Waals surface area contributed by atoms with Crippen molar-refractivity contribution in [3.63, 3.8) is 0 Å². The molecule has 5 nitrogen and oxygen atoms in total. The Hall–Kier alpha value is -0.200. The minimum Gasteiger partial charge on any atom is -0.394 e. The number of aliphatic hydroxyl groups excluding tert-OH is 3. The van der Waals surface area contributed by atoms with Gasteiger partial charge in [0.1, 0.15) is 12.2 Å². The Balaban J connectivity index is 2.58. The van der Waals surface area contributed by atoms with Gasteiger partial charge in [-0.3, -0.25) is 0 Å². The fourth-order valence-electron chi connectivity index (χ4n) is 1.56. The van der Waals surface area contributed by atoms with E-state index in [2.05, 4.69) is 0 Å². The predicted octanol–water partition coefficient (Wildman–Crippen LogP) is -0.760. The van der Waals surface area contributed by atoms with E-state index in [1.165, 1.54) is 0 Å². The van der Waals surface area contributed by atoms with E-state index in [4.69, 9.17) is 14.6 Å². The zero-order chi connectivity index (χ0) is 10.7. The zero-order valence-corrected chi connectivity index (χ0v) is 8.46. The lowest BCUT2D eigenvalue weighted by Crippen LogP contribution is -2.52. The molecule has 0 spiro atoms. The highest BCUT2D eigenvalue weighted by Crippen LogP contribution is 2.22. The highest BCUT2D eigenvalue weighted by molar-refractivity contribution is 4.83. The highest BCUT2D eigenvalue weighted by atomic mass is 16.6. The van der Waals surface area contributed by atoms with Gasteiger partial charge in [0.2, 0.25) is 0 Å².